The molecule has 0 saturated carbocycles. The molecule has 3 heteroatoms. The Morgan fingerprint density at radius 3 is 2.62 bits per heavy atom. The highest BCUT2D eigenvalue weighted by Crippen LogP contribution is 2.31. The molecule has 0 aliphatic rings. The number of hydrogen-bond donors (Lipinski definition) is 1. The molecule has 3 rings (SSSR count). The van der Waals surface area contributed by atoms with Gasteiger partial charge < -0.3 is 5.11 Å². The van der Waals surface area contributed by atoms with Crippen molar-refractivity contribution in [1.29, 1.82) is 0 Å². The Kier molecular flexibility index (Phi) is 3.39. The van der Waals surface area contributed by atoms with Crippen molar-refractivity contribution >= 4 is 16.5 Å². The third-order valence-corrected chi connectivity index (χ3v) is 3.57. The van der Waals surface area contributed by atoms with Crippen LogP contribution >= 0.6 is 0 Å². The first-order valence-electron chi connectivity index (χ1n) is 6.72. The minimum absolute atomic E-state index is 0.539. The molecule has 0 bridgehead atoms. The van der Waals surface area contributed by atoms with Crippen molar-refractivity contribution in [2.24, 2.45) is 0 Å². The number of fused-ring (bicyclic) bond motifs is 1. The second kappa shape index (κ2) is 5.35. The lowest BCUT2D eigenvalue weighted by Crippen LogP contribution is -1.95. The van der Waals surface area contributed by atoms with Crippen molar-refractivity contribution < 1.29 is 5.11 Å². The fourth-order valence-corrected chi connectivity index (χ4v) is 2.48. The standard InChI is InChI=1S/C18H14N2O/c1-12(21)17-7-8-20-11-18(17)15-4-3-14-10-16(19-2)6-5-13(14)9-15/h3-12,21H,1H3. The molecule has 21 heavy (non-hydrogen) atoms. The summed E-state index contributed by atoms with van der Waals surface area (Å²) in [6.07, 6.45) is 2.92. The van der Waals surface area contributed by atoms with Gasteiger partial charge in [0.1, 0.15) is 0 Å². The summed E-state index contributed by atoms with van der Waals surface area (Å²) in [6.45, 7) is 8.81. The molecule has 1 heterocycles. The van der Waals surface area contributed by atoms with Crippen LogP contribution < -0.4 is 0 Å². The molecule has 0 spiro atoms. The third-order valence-electron chi connectivity index (χ3n) is 3.57. The van der Waals surface area contributed by atoms with E-state index in [4.69, 9.17) is 6.57 Å². The lowest BCUT2D eigenvalue weighted by Gasteiger charge is -2.12. The van der Waals surface area contributed by atoms with E-state index in [0.717, 1.165) is 27.5 Å². The lowest BCUT2D eigenvalue weighted by molar-refractivity contribution is 0.200. The summed E-state index contributed by atoms with van der Waals surface area (Å²) in [6, 6.07) is 13.5. The van der Waals surface area contributed by atoms with Crippen LogP contribution in [0, 0.1) is 6.57 Å². The fourth-order valence-electron chi connectivity index (χ4n) is 2.48. The Morgan fingerprint density at radius 2 is 1.86 bits per heavy atom. The van der Waals surface area contributed by atoms with Crippen molar-refractivity contribution in [3.63, 3.8) is 0 Å². The van der Waals surface area contributed by atoms with Gasteiger partial charge in [0.15, 0.2) is 5.69 Å². The summed E-state index contributed by atoms with van der Waals surface area (Å²) in [5.41, 5.74) is 3.45. The third kappa shape index (κ3) is 2.49. The van der Waals surface area contributed by atoms with Gasteiger partial charge in [-0.2, -0.15) is 0 Å². The summed E-state index contributed by atoms with van der Waals surface area (Å²) in [7, 11) is 0. The van der Waals surface area contributed by atoms with Crippen LogP contribution in [0.3, 0.4) is 0 Å². The maximum Gasteiger partial charge on any atom is 0.187 e. The van der Waals surface area contributed by atoms with E-state index in [-0.39, 0.29) is 0 Å². The Hall–Kier alpha value is -2.70. The number of nitrogens with zero attached hydrogens (tertiary/aromatic N) is 2. The smallest absolute Gasteiger partial charge is 0.187 e. The van der Waals surface area contributed by atoms with Crippen molar-refractivity contribution in [1.82, 2.24) is 4.98 Å². The first-order chi connectivity index (χ1) is 10.2. The highest BCUT2D eigenvalue weighted by atomic mass is 16.3. The molecular formula is C18H14N2O. The Bertz CT molecular complexity index is 847. The number of rotatable bonds is 2. The number of aliphatic hydroxyl groups excluding tert-OH is 1. The van der Waals surface area contributed by atoms with Gasteiger partial charge in [-0.05, 0) is 47.0 Å². The predicted molar refractivity (Wildman–Crippen MR) is 84.1 cm³/mol. The first kappa shape index (κ1) is 13.3. The molecule has 0 aliphatic carbocycles. The highest BCUT2D eigenvalue weighted by Gasteiger charge is 2.10. The van der Waals surface area contributed by atoms with E-state index < -0.39 is 6.10 Å². The Labute approximate surface area is 123 Å². The molecule has 0 radical (unpaired) electrons. The minimum atomic E-state index is -0.539. The van der Waals surface area contributed by atoms with Crippen LogP contribution in [0.5, 0.6) is 0 Å². The van der Waals surface area contributed by atoms with Crippen molar-refractivity contribution in [2.45, 2.75) is 13.0 Å². The highest BCUT2D eigenvalue weighted by molar-refractivity contribution is 5.90. The van der Waals surface area contributed by atoms with E-state index in [1.807, 2.05) is 36.4 Å². The zero-order valence-corrected chi connectivity index (χ0v) is 11.6. The molecule has 3 nitrogen and oxygen atoms in total. The topological polar surface area (TPSA) is 37.5 Å². The van der Waals surface area contributed by atoms with Gasteiger partial charge >= 0.3 is 0 Å². The predicted octanol–water partition coefficient (Wildman–Crippen LogP) is 4.51. The number of hydrogen-bond acceptors (Lipinski definition) is 2. The molecular weight excluding hydrogens is 260 g/mol. The largest absolute Gasteiger partial charge is 0.389 e. The van der Waals surface area contributed by atoms with Gasteiger partial charge in [-0.25, -0.2) is 4.85 Å². The number of pyridine rings is 1. The van der Waals surface area contributed by atoms with Gasteiger partial charge in [-0.3, -0.25) is 4.98 Å². The summed E-state index contributed by atoms with van der Waals surface area (Å²) in [5.74, 6) is 0. The molecule has 2 aromatic carbocycles. The Morgan fingerprint density at radius 1 is 1.10 bits per heavy atom. The average Bonchev–Trinajstić information content (AvgIpc) is 2.53. The van der Waals surface area contributed by atoms with E-state index in [0.29, 0.717) is 5.69 Å². The summed E-state index contributed by atoms with van der Waals surface area (Å²) < 4.78 is 0. The van der Waals surface area contributed by atoms with Gasteiger partial charge in [0.2, 0.25) is 0 Å². The number of aromatic nitrogens is 1. The molecule has 0 saturated heterocycles. The monoisotopic (exact) mass is 274 g/mol. The van der Waals surface area contributed by atoms with Gasteiger partial charge in [0, 0.05) is 18.0 Å². The molecule has 1 atom stereocenters. The quantitative estimate of drug-likeness (QED) is 0.698. The van der Waals surface area contributed by atoms with Crippen LogP contribution in [0.25, 0.3) is 26.7 Å². The first-order valence-corrected chi connectivity index (χ1v) is 6.72. The van der Waals surface area contributed by atoms with Gasteiger partial charge in [-0.1, -0.05) is 24.3 Å². The summed E-state index contributed by atoms with van der Waals surface area (Å²) >= 11 is 0. The maximum absolute atomic E-state index is 9.89. The van der Waals surface area contributed by atoms with E-state index in [1.165, 1.54) is 0 Å². The fraction of sp³-hybridized carbons (Fsp3) is 0.111. The van der Waals surface area contributed by atoms with Gasteiger partial charge in [0.25, 0.3) is 0 Å². The van der Waals surface area contributed by atoms with Crippen LogP contribution in [-0.4, -0.2) is 10.1 Å². The molecule has 0 amide bonds. The van der Waals surface area contributed by atoms with Crippen LogP contribution in [0.15, 0.2) is 54.9 Å². The van der Waals surface area contributed by atoms with Crippen LogP contribution in [0.4, 0.5) is 5.69 Å². The normalized spacial score (nSPS) is 12.0. The molecule has 1 N–H and O–H groups in total. The van der Waals surface area contributed by atoms with E-state index in [9.17, 15) is 5.11 Å². The van der Waals surface area contributed by atoms with Crippen molar-refractivity contribution in [3.05, 3.63) is 71.8 Å². The van der Waals surface area contributed by atoms with Crippen LogP contribution in [-0.2, 0) is 0 Å². The van der Waals surface area contributed by atoms with Crippen LogP contribution in [0.2, 0.25) is 0 Å². The summed E-state index contributed by atoms with van der Waals surface area (Å²) in [5, 5.41) is 12.0. The number of benzene rings is 2. The van der Waals surface area contributed by atoms with Gasteiger partial charge in [-0.15, -0.1) is 0 Å². The van der Waals surface area contributed by atoms with E-state index >= 15 is 0 Å². The zero-order valence-electron chi connectivity index (χ0n) is 11.6. The second-order valence-corrected chi connectivity index (χ2v) is 5.00. The minimum Gasteiger partial charge on any atom is -0.389 e. The zero-order chi connectivity index (χ0) is 14.8. The molecule has 0 fully saturated rings. The maximum atomic E-state index is 9.89. The van der Waals surface area contributed by atoms with Crippen LogP contribution in [0.1, 0.15) is 18.6 Å². The lowest BCUT2D eigenvalue weighted by atomic mass is 9.96. The molecule has 1 unspecified atom stereocenters. The molecule has 1 aromatic heterocycles. The van der Waals surface area contributed by atoms with E-state index in [2.05, 4.69) is 15.9 Å². The second-order valence-electron chi connectivity index (χ2n) is 5.00. The van der Waals surface area contributed by atoms with Gasteiger partial charge in [0.05, 0.1) is 12.7 Å². The van der Waals surface area contributed by atoms with Crippen molar-refractivity contribution in [3.8, 4) is 11.1 Å². The Balaban J connectivity index is 2.16. The van der Waals surface area contributed by atoms with E-state index in [1.54, 1.807) is 19.3 Å². The average molecular weight is 274 g/mol. The molecule has 0 aliphatic heterocycles. The summed E-state index contributed by atoms with van der Waals surface area (Å²) in [4.78, 5) is 7.61. The molecule has 102 valence electrons. The van der Waals surface area contributed by atoms with Crippen molar-refractivity contribution in [2.75, 3.05) is 0 Å². The SMILES string of the molecule is [C-]#[N+]c1ccc2cc(-c3cnccc3C(C)O)ccc2c1. The number of aliphatic hydroxyl groups is 1. The molecule has 3 aromatic rings.